The first-order chi connectivity index (χ1) is 6.27. The number of hydrogen-bond acceptors (Lipinski definition) is 4. The monoisotopic (exact) mass is 178 g/mol. The Kier molecular flexibility index (Phi) is 2.98. The molecule has 0 heterocycles. The van der Waals surface area contributed by atoms with E-state index in [9.17, 15) is 0 Å². The van der Waals surface area contributed by atoms with Gasteiger partial charge >= 0.3 is 0 Å². The molecule has 1 aromatic rings. The van der Waals surface area contributed by atoms with E-state index < -0.39 is 0 Å². The lowest BCUT2D eigenvalue weighted by Gasteiger charge is -2.08. The summed E-state index contributed by atoms with van der Waals surface area (Å²) in [6.07, 6.45) is 0. The normalized spacial score (nSPS) is 8.92. The van der Waals surface area contributed by atoms with Crippen LogP contribution in [-0.4, -0.2) is 13.7 Å². The van der Waals surface area contributed by atoms with Gasteiger partial charge < -0.3 is 15.2 Å². The summed E-state index contributed by atoms with van der Waals surface area (Å²) in [6.45, 7) is 0.000276. The summed E-state index contributed by atoms with van der Waals surface area (Å²) < 4.78 is 10.1. The van der Waals surface area contributed by atoms with Gasteiger partial charge in [-0.2, -0.15) is 5.26 Å². The first kappa shape index (κ1) is 9.20. The Hall–Kier alpha value is -1.89. The van der Waals surface area contributed by atoms with Gasteiger partial charge in [0.05, 0.1) is 7.11 Å². The van der Waals surface area contributed by atoms with Crippen LogP contribution in [0.3, 0.4) is 0 Å². The van der Waals surface area contributed by atoms with Gasteiger partial charge in [0.1, 0.15) is 6.07 Å². The van der Waals surface area contributed by atoms with Crippen LogP contribution in [0.1, 0.15) is 0 Å². The van der Waals surface area contributed by atoms with Crippen molar-refractivity contribution >= 4 is 5.69 Å². The van der Waals surface area contributed by atoms with Crippen molar-refractivity contribution in [3.63, 3.8) is 0 Å². The van der Waals surface area contributed by atoms with E-state index in [0.29, 0.717) is 17.2 Å². The second kappa shape index (κ2) is 4.21. The third kappa shape index (κ3) is 2.27. The van der Waals surface area contributed by atoms with Crippen LogP contribution in [0.5, 0.6) is 11.5 Å². The van der Waals surface area contributed by atoms with Crippen molar-refractivity contribution in [1.82, 2.24) is 0 Å². The van der Waals surface area contributed by atoms with Gasteiger partial charge in [-0.05, 0) is 12.1 Å². The molecule has 13 heavy (non-hydrogen) atoms. The van der Waals surface area contributed by atoms with Crippen LogP contribution in [0.2, 0.25) is 0 Å². The highest BCUT2D eigenvalue weighted by atomic mass is 16.5. The van der Waals surface area contributed by atoms with Gasteiger partial charge in [-0.1, -0.05) is 0 Å². The Morgan fingerprint density at radius 2 is 2.23 bits per heavy atom. The van der Waals surface area contributed by atoms with E-state index in [1.807, 2.05) is 6.07 Å². The Labute approximate surface area is 76.5 Å². The number of nitrogen functional groups attached to an aromatic ring is 1. The van der Waals surface area contributed by atoms with Crippen molar-refractivity contribution in [2.24, 2.45) is 0 Å². The Balaban J connectivity index is 2.87. The van der Waals surface area contributed by atoms with Gasteiger partial charge in [-0.15, -0.1) is 0 Å². The fourth-order valence-corrected chi connectivity index (χ4v) is 0.913. The summed E-state index contributed by atoms with van der Waals surface area (Å²) in [5.74, 6) is 1.06. The smallest absolute Gasteiger partial charge is 0.174 e. The summed E-state index contributed by atoms with van der Waals surface area (Å²) in [7, 11) is 1.52. The summed E-state index contributed by atoms with van der Waals surface area (Å²) in [5, 5.41) is 8.31. The molecular weight excluding hydrogens is 168 g/mol. The lowest BCUT2D eigenvalue weighted by Crippen LogP contribution is -1.97. The minimum atomic E-state index is 0.000276. The van der Waals surface area contributed by atoms with Gasteiger partial charge in [0, 0.05) is 11.8 Å². The molecular formula is C9H10N2O2. The van der Waals surface area contributed by atoms with E-state index in [4.69, 9.17) is 20.5 Å². The van der Waals surface area contributed by atoms with Gasteiger partial charge in [0.15, 0.2) is 18.1 Å². The zero-order valence-corrected chi connectivity index (χ0v) is 7.28. The summed E-state index contributed by atoms with van der Waals surface area (Å²) in [4.78, 5) is 0. The molecule has 0 aliphatic rings. The minimum Gasteiger partial charge on any atom is -0.493 e. The number of methoxy groups -OCH3 is 1. The standard InChI is InChI=1S/C9H10N2O2/c1-12-9-6-7(11)2-3-8(9)13-5-4-10/h2-3,6H,5,11H2,1H3. The highest BCUT2D eigenvalue weighted by Crippen LogP contribution is 2.28. The molecule has 0 saturated carbocycles. The molecule has 4 nitrogen and oxygen atoms in total. The number of anilines is 1. The molecule has 0 amide bonds. The molecule has 0 fully saturated rings. The summed E-state index contributed by atoms with van der Waals surface area (Å²) >= 11 is 0. The quantitative estimate of drug-likeness (QED) is 0.705. The van der Waals surface area contributed by atoms with Gasteiger partial charge in [0.2, 0.25) is 0 Å². The molecule has 1 aromatic carbocycles. The number of ether oxygens (including phenoxy) is 2. The third-order valence-electron chi connectivity index (χ3n) is 1.48. The number of nitrogens with zero attached hydrogens (tertiary/aromatic N) is 1. The number of hydrogen-bond donors (Lipinski definition) is 1. The first-order valence-corrected chi connectivity index (χ1v) is 3.71. The van der Waals surface area contributed by atoms with Crippen LogP contribution in [-0.2, 0) is 0 Å². The number of nitrogens with two attached hydrogens (primary N) is 1. The van der Waals surface area contributed by atoms with E-state index in [0.717, 1.165) is 0 Å². The lowest BCUT2D eigenvalue weighted by atomic mass is 10.3. The Morgan fingerprint density at radius 3 is 2.85 bits per heavy atom. The molecule has 0 bridgehead atoms. The average molecular weight is 178 g/mol. The lowest BCUT2D eigenvalue weighted by molar-refractivity contribution is 0.330. The first-order valence-electron chi connectivity index (χ1n) is 3.71. The Bertz CT molecular complexity index is 331. The molecule has 0 unspecified atom stereocenters. The van der Waals surface area contributed by atoms with E-state index in [1.54, 1.807) is 18.2 Å². The molecule has 4 heteroatoms. The predicted octanol–water partition coefficient (Wildman–Crippen LogP) is 1.18. The van der Waals surface area contributed by atoms with Crippen molar-refractivity contribution in [3.05, 3.63) is 18.2 Å². The van der Waals surface area contributed by atoms with Crippen LogP contribution >= 0.6 is 0 Å². The second-order valence-corrected chi connectivity index (χ2v) is 2.36. The van der Waals surface area contributed by atoms with Crippen molar-refractivity contribution < 1.29 is 9.47 Å². The molecule has 0 radical (unpaired) electrons. The SMILES string of the molecule is COc1cc(N)ccc1OCC#N. The third-order valence-corrected chi connectivity index (χ3v) is 1.48. The van der Waals surface area contributed by atoms with E-state index >= 15 is 0 Å². The maximum absolute atomic E-state index is 8.31. The zero-order valence-electron chi connectivity index (χ0n) is 7.28. The average Bonchev–Trinajstić information content (AvgIpc) is 2.16. The second-order valence-electron chi connectivity index (χ2n) is 2.36. The molecule has 0 aliphatic heterocycles. The van der Waals surface area contributed by atoms with Crippen molar-refractivity contribution in [3.8, 4) is 17.6 Å². The molecule has 0 aromatic heterocycles. The Morgan fingerprint density at radius 1 is 1.46 bits per heavy atom. The number of benzene rings is 1. The maximum Gasteiger partial charge on any atom is 0.174 e. The van der Waals surface area contributed by atoms with Crippen molar-refractivity contribution in [2.45, 2.75) is 0 Å². The van der Waals surface area contributed by atoms with Crippen LogP contribution < -0.4 is 15.2 Å². The fraction of sp³-hybridized carbons (Fsp3) is 0.222. The molecule has 0 aliphatic carbocycles. The van der Waals surface area contributed by atoms with E-state index in [2.05, 4.69) is 0 Å². The number of nitriles is 1. The molecule has 68 valence electrons. The molecule has 0 saturated heterocycles. The van der Waals surface area contributed by atoms with Crippen molar-refractivity contribution in [1.29, 1.82) is 5.26 Å². The molecule has 0 spiro atoms. The largest absolute Gasteiger partial charge is 0.493 e. The highest BCUT2D eigenvalue weighted by Gasteiger charge is 2.03. The molecule has 1 rings (SSSR count). The maximum atomic E-state index is 8.31. The van der Waals surface area contributed by atoms with Crippen molar-refractivity contribution in [2.75, 3.05) is 19.5 Å². The van der Waals surface area contributed by atoms with E-state index in [-0.39, 0.29) is 6.61 Å². The van der Waals surface area contributed by atoms with Gasteiger partial charge in [0.25, 0.3) is 0 Å². The number of rotatable bonds is 3. The predicted molar refractivity (Wildman–Crippen MR) is 48.5 cm³/mol. The minimum absolute atomic E-state index is 0.000276. The van der Waals surface area contributed by atoms with E-state index in [1.165, 1.54) is 7.11 Å². The van der Waals surface area contributed by atoms with Crippen LogP contribution in [0, 0.1) is 11.3 Å². The highest BCUT2D eigenvalue weighted by molar-refractivity contribution is 5.51. The zero-order chi connectivity index (χ0) is 9.68. The topological polar surface area (TPSA) is 68.3 Å². The fourth-order valence-electron chi connectivity index (χ4n) is 0.913. The van der Waals surface area contributed by atoms with Gasteiger partial charge in [-0.25, -0.2) is 0 Å². The van der Waals surface area contributed by atoms with Crippen LogP contribution in [0.25, 0.3) is 0 Å². The summed E-state index contributed by atoms with van der Waals surface area (Å²) in [6, 6.07) is 6.88. The molecule has 0 atom stereocenters. The molecule has 2 N–H and O–H groups in total. The van der Waals surface area contributed by atoms with Gasteiger partial charge in [-0.3, -0.25) is 0 Å². The van der Waals surface area contributed by atoms with Crippen LogP contribution in [0.4, 0.5) is 5.69 Å². The van der Waals surface area contributed by atoms with Crippen LogP contribution in [0.15, 0.2) is 18.2 Å². The summed E-state index contributed by atoms with van der Waals surface area (Å²) in [5.41, 5.74) is 6.13.